The highest BCUT2D eigenvalue weighted by molar-refractivity contribution is 6.07. The molecule has 2 heteroatoms. The Bertz CT molecular complexity index is 584. The van der Waals surface area contributed by atoms with Gasteiger partial charge in [0, 0.05) is 23.6 Å². The van der Waals surface area contributed by atoms with E-state index < -0.39 is 0 Å². The van der Waals surface area contributed by atoms with Crippen LogP contribution in [0.4, 0.5) is 0 Å². The Morgan fingerprint density at radius 2 is 2.07 bits per heavy atom. The van der Waals surface area contributed by atoms with Crippen molar-refractivity contribution in [1.82, 2.24) is 4.98 Å². The number of hydrogen-bond donors (Lipinski definition) is 0. The van der Waals surface area contributed by atoms with Crippen LogP contribution in [0.1, 0.15) is 22.3 Å². The van der Waals surface area contributed by atoms with Gasteiger partial charge in [-0.05, 0) is 11.6 Å². The van der Waals surface area contributed by atoms with E-state index in [2.05, 4.69) is 4.98 Å². The predicted octanol–water partition coefficient (Wildman–Crippen LogP) is 2.83. The van der Waals surface area contributed by atoms with Gasteiger partial charge in [-0.3, -0.25) is 9.78 Å². The molecule has 1 aliphatic carbocycles. The van der Waals surface area contributed by atoms with Crippen LogP contribution in [-0.2, 0) is 0 Å². The fourth-order valence-electron chi connectivity index (χ4n) is 1.96. The molecule has 0 saturated carbocycles. The number of ketones is 1. The van der Waals surface area contributed by atoms with E-state index in [4.69, 9.17) is 0 Å². The molecule has 3 rings (SSSR count). The molecule has 0 radical (unpaired) electrons. The topological polar surface area (TPSA) is 30.0 Å². The van der Waals surface area contributed by atoms with Crippen LogP contribution in [-0.4, -0.2) is 10.8 Å². The average Bonchev–Trinajstić information content (AvgIpc) is 2.29. The van der Waals surface area contributed by atoms with Gasteiger partial charge in [-0.1, -0.05) is 30.4 Å². The van der Waals surface area contributed by atoms with Gasteiger partial charge in [0.05, 0.1) is 5.52 Å². The molecule has 0 atom stereocenters. The lowest BCUT2D eigenvalue weighted by molar-refractivity contribution is 0.0994. The molecule has 0 aliphatic heterocycles. The minimum absolute atomic E-state index is 0.158. The van der Waals surface area contributed by atoms with E-state index >= 15 is 0 Å². The number of carbonyl (C=O) groups excluding carboxylic acids is 1. The summed E-state index contributed by atoms with van der Waals surface area (Å²) in [7, 11) is 0. The molecule has 0 saturated heterocycles. The van der Waals surface area contributed by atoms with Crippen molar-refractivity contribution in [2.45, 2.75) is 6.42 Å². The summed E-state index contributed by atoms with van der Waals surface area (Å²) >= 11 is 0. The highest BCUT2D eigenvalue weighted by Gasteiger charge is 2.15. The number of nitrogens with zero attached hydrogens (tertiary/aromatic N) is 1. The van der Waals surface area contributed by atoms with Gasteiger partial charge in [0.15, 0.2) is 5.78 Å². The van der Waals surface area contributed by atoms with Crippen molar-refractivity contribution in [1.29, 1.82) is 0 Å². The molecule has 0 bridgehead atoms. The highest BCUT2D eigenvalue weighted by atomic mass is 16.1. The van der Waals surface area contributed by atoms with E-state index in [9.17, 15) is 4.79 Å². The van der Waals surface area contributed by atoms with Crippen LogP contribution >= 0.6 is 0 Å². The fourth-order valence-corrected chi connectivity index (χ4v) is 1.96. The van der Waals surface area contributed by atoms with Crippen molar-refractivity contribution in [2.75, 3.05) is 0 Å². The number of carbonyl (C=O) groups is 1. The Kier molecular flexibility index (Phi) is 1.68. The number of fused-ring (bicyclic) bond motifs is 3. The maximum absolute atomic E-state index is 11.6. The van der Waals surface area contributed by atoms with E-state index in [0.29, 0.717) is 6.42 Å². The summed E-state index contributed by atoms with van der Waals surface area (Å²) in [4.78, 5) is 15.9. The highest BCUT2D eigenvalue weighted by Crippen LogP contribution is 2.25. The van der Waals surface area contributed by atoms with Crippen LogP contribution in [0, 0.1) is 0 Å². The Morgan fingerprint density at radius 3 is 3.00 bits per heavy atom. The largest absolute Gasteiger partial charge is 0.294 e. The summed E-state index contributed by atoms with van der Waals surface area (Å²) in [5.74, 6) is 0.158. The van der Waals surface area contributed by atoms with Gasteiger partial charge in [0.25, 0.3) is 0 Å². The molecule has 0 amide bonds. The van der Waals surface area contributed by atoms with Crippen LogP contribution in [0.3, 0.4) is 0 Å². The lowest BCUT2D eigenvalue weighted by Crippen LogP contribution is -2.05. The molecule has 2 nitrogen and oxygen atoms in total. The Balaban J connectivity index is 2.44. The number of benzene rings is 1. The molecule has 72 valence electrons. The summed E-state index contributed by atoms with van der Waals surface area (Å²) in [6.07, 6.45) is 6.11. The zero-order valence-electron chi connectivity index (χ0n) is 8.10. The molecular weight excluding hydrogens is 186 g/mol. The number of rotatable bonds is 0. The molecule has 0 fully saturated rings. The van der Waals surface area contributed by atoms with Crippen molar-refractivity contribution in [2.24, 2.45) is 0 Å². The second-order valence-electron chi connectivity index (χ2n) is 3.63. The molecule has 1 aromatic carbocycles. The number of para-hydroxylation sites is 1. The van der Waals surface area contributed by atoms with Crippen molar-refractivity contribution >= 4 is 22.8 Å². The first-order chi connectivity index (χ1) is 7.36. The van der Waals surface area contributed by atoms with Crippen LogP contribution in [0.15, 0.2) is 36.5 Å². The smallest absolute Gasteiger partial charge is 0.168 e. The predicted molar refractivity (Wildman–Crippen MR) is 59.7 cm³/mol. The van der Waals surface area contributed by atoms with Crippen molar-refractivity contribution in [3.63, 3.8) is 0 Å². The average molecular weight is 195 g/mol. The maximum atomic E-state index is 11.6. The summed E-state index contributed by atoms with van der Waals surface area (Å²) in [6.45, 7) is 0. The van der Waals surface area contributed by atoms with E-state index in [1.54, 1.807) is 6.20 Å². The van der Waals surface area contributed by atoms with Crippen LogP contribution in [0.5, 0.6) is 0 Å². The fraction of sp³-hybridized carbons (Fsp3) is 0.0769. The molecule has 15 heavy (non-hydrogen) atoms. The van der Waals surface area contributed by atoms with Gasteiger partial charge in [-0.15, -0.1) is 0 Å². The van der Waals surface area contributed by atoms with Crippen molar-refractivity contribution in [3.8, 4) is 0 Å². The lowest BCUT2D eigenvalue weighted by Gasteiger charge is -2.11. The molecular formula is C13H9NO. The number of allylic oxidation sites excluding steroid dienone is 1. The van der Waals surface area contributed by atoms with Gasteiger partial charge in [-0.25, -0.2) is 0 Å². The second-order valence-corrected chi connectivity index (χ2v) is 3.63. The number of pyridine rings is 1. The van der Waals surface area contributed by atoms with E-state index in [1.807, 2.05) is 36.4 Å². The summed E-state index contributed by atoms with van der Waals surface area (Å²) in [6, 6.07) is 7.89. The second kappa shape index (κ2) is 3.02. The van der Waals surface area contributed by atoms with Crippen molar-refractivity contribution in [3.05, 3.63) is 47.7 Å². The van der Waals surface area contributed by atoms with Gasteiger partial charge in [0.1, 0.15) is 0 Å². The third-order valence-electron chi connectivity index (χ3n) is 2.71. The monoisotopic (exact) mass is 195 g/mol. The van der Waals surface area contributed by atoms with Crippen LogP contribution in [0.25, 0.3) is 17.0 Å². The van der Waals surface area contributed by atoms with Gasteiger partial charge in [-0.2, -0.15) is 0 Å². The molecule has 1 heterocycles. The lowest BCUT2D eigenvalue weighted by atomic mass is 9.95. The molecule has 0 unspecified atom stereocenters. The Hall–Kier alpha value is -1.96. The van der Waals surface area contributed by atoms with Crippen LogP contribution < -0.4 is 0 Å². The SMILES string of the molecule is O=C1CC=Cc2c1cnc1ccccc21. The first-order valence-corrected chi connectivity index (χ1v) is 4.94. The van der Waals surface area contributed by atoms with E-state index in [0.717, 1.165) is 22.0 Å². The van der Waals surface area contributed by atoms with E-state index in [1.165, 1.54) is 0 Å². The van der Waals surface area contributed by atoms with Gasteiger partial charge < -0.3 is 0 Å². The van der Waals surface area contributed by atoms with Crippen molar-refractivity contribution < 1.29 is 4.79 Å². The zero-order chi connectivity index (χ0) is 10.3. The summed E-state index contributed by atoms with van der Waals surface area (Å²) in [5.41, 5.74) is 2.70. The van der Waals surface area contributed by atoms with Gasteiger partial charge >= 0.3 is 0 Å². The minimum Gasteiger partial charge on any atom is -0.294 e. The molecule has 1 aromatic heterocycles. The standard InChI is InChI=1S/C13H9NO/c15-13-7-3-5-9-10-4-1-2-6-12(10)14-8-11(9)13/h1-6,8H,7H2. The number of aromatic nitrogens is 1. The van der Waals surface area contributed by atoms with Gasteiger partial charge in [0.2, 0.25) is 0 Å². The molecule has 0 N–H and O–H groups in total. The molecule has 0 spiro atoms. The third-order valence-corrected chi connectivity index (χ3v) is 2.71. The number of hydrogen-bond acceptors (Lipinski definition) is 2. The van der Waals surface area contributed by atoms with Crippen LogP contribution in [0.2, 0.25) is 0 Å². The summed E-state index contributed by atoms with van der Waals surface area (Å²) in [5, 5.41) is 1.05. The maximum Gasteiger partial charge on any atom is 0.168 e. The molecule has 1 aliphatic rings. The summed E-state index contributed by atoms with van der Waals surface area (Å²) < 4.78 is 0. The number of Topliss-reactive ketones (excluding diaryl/α,β-unsaturated/α-hetero) is 1. The Labute approximate surface area is 87.3 Å². The van der Waals surface area contributed by atoms with E-state index in [-0.39, 0.29) is 5.78 Å². The zero-order valence-corrected chi connectivity index (χ0v) is 8.10. The first kappa shape index (κ1) is 8.36. The quantitative estimate of drug-likeness (QED) is 0.647. The normalized spacial score (nSPS) is 14.3. The third kappa shape index (κ3) is 1.18. The Morgan fingerprint density at radius 1 is 1.20 bits per heavy atom. The first-order valence-electron chi connectivity index (χ1n) is 4.94. The minimum atomic E-state index is 0.158. The molecule has 2 aromatic rings.